The zero-order valence-electron chi connectivity index (χ0n) is 11.1. The van der Waals surface area contributed by atoms with Crippen LogP contribution in [-0.4, -0.2) is 19.3 Å². The second-order valence-electron chi connectivity index (χ2n) is 5.21. The molecule has 1 atom stereocenters. The molecule has 0 bridgehead atoms. The van der Waals surface area contributed by atoms with Gasteiger partial charge in [0.15, 0.2) is 5.65 Å². The fourth-order valence-corrected chi connectivity index (χ4v) is 2.99. The van der Waals surface area contributed by atoms with Gasteiger partial charge in [0.2, 0.25) is 0 Å². The van der Waals surface area contributed by atoms with Crippen LogP contribution in [0.3, 0.4) is 0 Å². The van der Waals surface area contributed by atoms with E-state index in [2.05, 4.69) is 23.5 Å². The van der Waals surface area contributed by atoms with Gasteiger partial charge in [-0.1, -0.05) is 6.92 Å². The lowest BCUT2D eigenvalue weighted by Crippen LogP contribution is -2.12. The Morgan fingerprint density at radius 1 is 1.44 bits per heavy atom. The monoisotopic (exact) mass is 266 g/mol. The van der Waals surface area contributed by atoms with E-state index in [1.807, 2.05) is 11.7 Å². The van der Waals surface area contributed by atoms with Crippen molar-refractivity contribution in [1.29, 1.82) is 0 Å². The fraction of sp³-hybridized carbons (Fsp3) is 0.692. The average Bonchev–Trinajstić information content (AvgIpc) is 3.07. The Hall–Kier alpha value is -1.03. The zero-order chi connectivity index (χ0) is 12.9. The number of aryl methyl sites for hydroxylation is 2. The van der Waals surface area contributed by atoms with Crippen LogP contribution >= 0.6 is 11.6 Å². The quantitative estimate of drug-likeness (QED) is 0.798. The summed E-state index contributed by atoms with van der Waals surface area (Å²) in [4.78, 5) is 4.70. The molecule has 0 N–H and O–H groups in total. The average molecular weight is 267 g/mol. The van der Waals surface area contributed by atoms with E-state index in [1.165, 1.54) is 12.8 Å². The van der Waals surface area contributed by atoms with Crippen molar-refractivity contribution in [1.82, 2.24) is 19.3 Å². The summed E-state index contributed by atoms with van der Waals surface area (Å²) >= 11 is 6.06. The largest absolute Gasteiger partial charge is 0.309 e. The van der Waals surface area contributed by atoms with Crippen molar-refractivity contribution in [3.63, 3.8) is 0 Å². The van der Waals surface area contributed by atoms with E-state index in [9.17, 15) is 0 Å². The molecule has 2 aromatic rings. The molecule has 98 valence electrons. The molecule has 0 radical (unpaired) electrons. The normalized spacial score (nSPS) is 17.6. The molecular weight excluding hydrogens is 248 g/mol. The highest BCUT2D eigenvalue weighted by Crippen LogP contribution is 2.41. The molecule has 5 heteroatoms. The van der Waals surface area contributed by atoms with E-state index in [4.69, 9.17) is 16.6 Å². The third kappa shape index (κ3) is 1.66. The van der Waals surface area contributed by atoms with Gasteiger partial charge in [-0.2, -0.15) is 5.10 Å². The summed E-state index contributed by atoms with van der Waals surface area (Å²) in [5.74, 6) is 2.23. The maximum absolute atomic E-state index is 6.06. The predicted molar refractivity (Wildman–Crippen MR) is 72.9 cm³/mol. The van der Waals surface area contributed by atoms with Crippen LogP contribution in [-0.2, 0) is 19.3 Å². The minimum absolute atomic E-state index is 0.467. The maximum atomic E-state index is 6.06. The number of hydrogen-bond donors (Lipinski definition) is 0. The second-order valence-corrected chi connectivity index (χ2v) is 5.47. The molecule has 2 heterocycles. The number of fused-ring (bicyclic) bond motifs is 1. The number of imidazole rings is 1. The maximum Gasteiger partial charge on any atom is 0.158 e. The van der Waals surface area contributed by atoms with Crippen molar-refractivity contribution in [3.05, 3.63) is 11.5 Å². The molecule has 1 fully saturated rings. The number of nitrogens with zero attached hydrogens (tertiary/aromatic N) is 4. The highest BCUT2D eigenvalue weighted by atomic mass is 35.5. The first-order valence-corrected chi connectivity index (χ1v) is 7.19. The van der Waals surface area contributed by atoms with Crippen LogP contribution in [0.4, 0.5) is 0 Å². The molecule has 0 amide bonds. The Morgan fingerprint density at radius 2 is 2.17 bits per heavy atom. The van der Waals surface area contributed by atoms with Crippen LogP contribution in [0.5, 0.6) is 0 Å². The molecule has 0 aliphatic heterocycles. The van der Waals surface area contributed by atoms with Crippen LogP contribution in [0.1, 0.15) is 44.2 Å². The molecule has 4 nitrogen and oxygen atoms in total. The summed E-state index contributed by atoms with van der Waals surface area (Å²) in [5, 5.41) is 4.56. The molecule has 0 aromatic carbocycles. The van der Waals surface area contributed by atoms with Gasteiger partial charge in [0.05, 0.1) is 11.6 Å². The Kier molecular flexibility index (Phi) is 2.85. The van der Waals surface area contributed by atoms with Gasteiger partial charge in [-0.05, 0) is 32.1 Å². The standard InChI is InChI=1S/C13H19ClN4/c1-4-10-12-13(17(3)16-10)18(11(7-14)15-12)8(2)9-5-6-9/h8-9H,4-7H2,1-3H3. The lowest BCUT2D eigenvalue weighted by Gasteiger charge is -2.16. The van der Waals surface area contributed by atoms with Crippen molar-refractivity contribution in [2.75, 3.05) is 0 Å². The van der Waals surface area contributed by atoms with Gasteiger partial charge in [-0.25, -0.2) is 4.98 Å². The molecular formula is C13H19ClN4. The van der Waals surface area contributed by atoms with E-state index < -0.39 is 0 Å². The molecule has 0 saturated heterocycles. The Morgan fingerprint density at radius 3 is 2.72 bits per heavy atom. The van der Waals surface area contributed by atoms with Gasteiger partial charge in [-0.3, -0.25) is 4.68 Å². The number of halogens is 1. The third-order valence-electron chi connectivity index (χ3n) is 3.98. The van der Waals surface area contributed by atoms with Crippen molar-refractivity contribution in [2.45, 2.75) is 45.0 Å². The molecule has 18 heavy (non-hydrogen) atoms. The first kappa shape index (κ1) is 12.0. The van der Waals surface area contributed by atoms with E-state index in [1.54, 1.807) is 0 Å². The minimum atomic E-state index is 0.467. The summed E-state index contributed by atoms with van der Waals surface area (Å²) in [6.07, 6.45) is 3.55. The molecule has 1 aliphatic rings. The summed E-state index contributed by atoms with van der Waals surface area (Å²) in [6, 6.07) is 0.476. The zero-order valence-corrected chi connectivity index (χ0v) is 11.9. The number of rotatable bonds is 4. The molecule has 0 spiro atoms. The van der Waals surface area contributed by atoms with Gasteiger partial charge in [0.25, 0.3) is 0 Å². The van der Waals surface area contributed by atoms with E-state index in [0.29, 0.717) is 11.9 Å². The Labute approximate surface area is 112 Å². The summed E-state index contributed by atoms with van der Waals surface area (Å²) in [5.41, 5.74) is 3.23. The van der Waals surface area contributed by atoms with Crippen molar-refractivity contribution in [3.8, 4) is 0 Å². The van der Waals surface area contributed by atoms with Crippen molar-refractivity contribution in [2.24, 2.45) is 13.0 Å². The fourth-order valence-electron chi connectivity index (χ4n) is 2.80. The van der Waals surface area contributed by atoms with Gasteiger partial charge < -0.3 is 4.57 Å². The Bertz CT molecular complexity index is 579. The first-order chi connectivity index (χ1) is 8.67. The van der Waals surface area contributed by atoms with E-state index >= 15 is 0 Å². The smallest absolute Gasteiger partial charge is 0.158 e. The molecule has 1 saturated carbocycles. The van der Waals surface area contributed by atoms with Gasteiger partial charge >= 0.3 is 0 Å². The lowest BCUT2D eigenvalue weighted by atomic mass is 10.2. The van der Waals surface area contributed by atoms with Crippen LogP contribution in [0, 0.1) is 5.92 Å². The highest BCUT2D eigenvalue weighted by Gasteiger charge is 2.32. The van der Waals surface area contributed by atoms with Crippen LogP contribution in [0.2, 0.25) is 0 Å². The summed E-state index contributed by atoms with van der Waals surface area (Å²) < 4.78 is 4.25. The lowest BCUT2D eigenvalue weighted by molar-refractivity contribution is 0.476. The van der Waals surface area contributed by atoms with E-state index in [0.717, 1.165) is 35.0 Å². The van der Waals surface area contributed by atoms with Crippen molar-refractivity contribution < 1.29 is 0 Å². The minimum Gasteiger partial charge on any atom is -0.309 e. The highest BCUT2D eigenvalue weighted by molar-refractivity contribution is 6.16. The first-order valence-electron chi connectivity index (χ1n) is 6.66. The van der Waals surface area contributed by atoms with E-state index in [-0.39, 0.29) is 0 Å². The van der Waals surface area contributed by atoms with Crippen LogP contribution in [0.15, 0.2) is 0 Å². The van der Waals surface area contributed by atoms with Gasteiger partial charge in [0.1, 0.15) is 11.3 Å². The van der Waals surface area contributed by atoms with Gasteiger partial charge in [0, 0.05) is 13.1 Å². The summed E-state index contributed by atoms with van der Waals surface area (Å²) in [7, 11) is 2.00. The predicted octanol–water partition coefficient (Wildman–Crippen LogP) is 3.04. The molecule has 2 aromatic heterocycles. The molecule has 1 unspecified atom stereocenters. The molecule has 3 rings (SSSR count). The Balaban J connectivity index is 2.22. The van der Waals surface area contributed by atoms with Gasteiger partial charge in [-0.15, -0.1) is 11.6 Å². The third-order valence-corrected chi connectivity index (χ3v) is 4.21. The summed E-state index contributed by atoms with van der Waals surface area (Å²) in [6.45, 7) is 4.39. The van der Waals surface area contributed by atoms with Crippen molar-refractivity contribution >= 4 is 22.8 Å². The molecule has 1 aliphatic carbocycles. The number of aromatic nitrogens is 4. The number of hydrogen-bond acceptors (Lipinski definition) is 2. The van der Waals surface area contributed by atoms with Crippen LogP contribution in [0.25, 0.3) is 11.2 Å². The van der Waals surface area contributed by atoms with Crippen LogP contribution < -0.4 is 0 Å². The SMILES string of the molecule is CCc1nn(C)c2c1nc(CCl)n2C(C)C1CC1. The topological polar surface area (TPSA) is 35.6 Å². The second kappa shape index (κ2) is 4.26. The number of alkyl halides is 1.